The molecule has 146 valence electrons. The van der Waals surface area contributed by atoms with Crippen LogP contribution in [-0.4, -0.2) is 15.1 Å². The topological polar surface area (TPSA) is 120 Å². The Bertz CT molecular complexity index is 973. The van der Waals surface area contributed by atoms with Crippen LogP contribution in [0.3, 0.4) is 0 Å². The van der Waals surface area contributed by atoms with E-state index in [0.717, 1.165) is 24.8 Å². The summed E-state index contributed by atoms with van der Waals surface area (Å²) in [4.78, 5) is 15.4. The molecule has 1 aromatic heterocycles. The molecule has 28 heavy (non-hydrogen) atoms. The molecule has 1 aliphatic carbocycles. The van der Waals surface area contributed by atoms with Crippen molar-refractivity contribution < 1.29 is 9.45 Å². The molecular formula is C19H20ClN5O3. The Labute approximate surface area is 167 Å². The molecule has 0 spiro atoms. The van der Waals surface area contributed by atoms with Gasteiger partial charge in [-0.15, -0.1) is 12.4 Å². The zero-order valence-corrected chi connectivity index (χ0v) is 15.8. The molecule has 3 aromatic rings. The summed E-state index contributed by atoms with van der Waals surface area (Å²) in [6, 6.07) is 14.5. The highest BCUT2D eigenvalue weighted by Crippen LogP contribution is 2.38. The first-order valence-corrected chi connectivity index (χ1v) is 8.75. The van der Waals surface area contributed by atoms with Crippen molar-refractivity contribution in [1.82, 2.24) is 10.1 Å². The molecule has 0 amide bonds. The normalized spacial score (nSPS) is 14.6. The maximum absolute atomic E-state index is 11.5. The molecule has 0 aliphatic heterocycles. The van der Waals surface area contributed by atoms with E-state index in [1.54, 1.807) is 12.1 Å². The van der Waals surface area contributed by atoms with Crippen LogP contribution < -0.4 is 11.1 Å². The predicted molar refractivity (Wildman–Crippen MR) is 107 cm³/mol. The number of nitrogens with two attached hydrogens (primary N) is 1. The van der Waals surface area contributed by atoms with Crippen LogP contribution >= 0.6 is 12.4 Å². The van der Waals surface area contributed by atoms with E-state index in [0.29, 0.717) is 23.6 Å². The molecule has 8 nitrogen and oxygen atoms in total. The van der Waals surface area contributed by atoms with Crippen LogP contribution in [0.2, 0.25) is 0 Å². The quantitative estimate of drug-likeness (QED) is 0.472. The Hall–Kier alpha value is -2.97. The number of halogens is 1. The fourth-order valence-electron chi connectivity index (χ4n) is 3.08. The third-order valence-corrected chi connectivity index (χ3v) is 4.88. The monoisotopic (exact) mass is 401 g/mol. The smallest absolute Gasteiger partial charge is 0.293 e. The molecule has 0 saturated heterocycles. The zero-order chi connectivity index (χ0) is 18.9. The van der Waals surface area contributed by atoms with E-state index in [1.165, 1.54) is 6.07 Å². The molecular weight excluding hydrogens is 382 g/mol. The Morgan fingerprint density at radius 2 is 1.96 bits per heavy atom. The van der Waals surface area contributed by atoms with Crippen LogP contribution in [0.1, 0.15) is 30.7 Å². The van der Waals surface area contributed by atoms with Gasteiger partial charge in [0.25, 0.3) is 11.6 Å². The summed E-state index contributed by atoms with van der Waals surface area (Å²) in [6.45, 7) is 0.488. The summed E-state index contributed by atoms with van der Waals surface area (Å²) in [6.07, 6.45) is 2.66. The van der Waals surface area contributed by atoms with E-state index in [-0.39, 0.29) is 24.0 Å². The first-order valence-electron chi connectivity index (χ1n) is 8.75. The molecule has 0 unspecified atom stereocenters. The van der Waals surface area contributed by atoms with E-state index in [2.05, 4.69) is 15.5 Å². The van der Waals surface area contributed by atoms with Gasteiger partial charge in [0.2, 0.25) is 0 Å². The minimum absolute atomic E-state index is 0. The fraction of sp³-hybridized carbons (Fsp3) is 0.263. The van der Waals surface area contributed by atoms with Gasteiger partial charge in [-0.1, -0.05) is 35.5 Å². The van der Waals surface area contributed by atoms with Crippen LogP contribution in [-0.2, 0) is 12.1 Å². The standard InChI is InChI=1S/C19H19N5O3.ClH/c20-19(9-4-10-19)18-22-17(27-23-18)14-7-8-15(16(11-14)24(25)26)21-12-13-5-2-1-3-6-13;/h1-3,5-8,11,21H,4,9-10,12,20H2;1H. The Kier molecular flexibility index (Phi) is 5.62. The van der Waals surface area contributed by atoms with Crippen molar-refractivity contribution in [3.63, 3.8) is 0 Å². The number of benzene rings is 2. The first-order chi connectivity index (χ1) is 13.0. The molecule has 2 aromatic carbocycles. The number of hydrogen-bond acceptors (Lipinski definition) is 7. The lowest BCUT2D eigenvalue weighted by atomic mass is 9.77. The molecule has 9 heteroatoms. The van der Waals surface area contributed by atoms with Crippen molar-refractivity contribution >= 4 is 23.8 Å². The number of nitro benzene ring substituents is 1. The SMILES string of the molecule is Cl.NC1(c2noc(-c3ccc(NCc4ccccc4)c([N+](=O)[O-])c3)n2)CCC1. The average molecular weight is 402 g/mol. The highest BCUT2D eigenvalue weighted by molar-refractivity contribution is 5.85. The second kappa shape index (κ2) is 7.95. The lowest BCUT2D eigenvalue weighted by Crippen LogP contribution is -2.44. The van der Waals surface area contributed by atoms with E-state index in [4.69, 9.17) is 10.3 Å². The molecule has 1 heterocycles. The second-order valence-corrected chi connectivity index (χ2v) is 6.76. The highest BCUT2D eigenvalue weighted by atomic mass is 35.5. The third-order valence-electron chi connectivity index (χ3n) is 4.88. The predicted octanol–water partition coefficient (Wildman–Crippen LogP) is 4.02. The van der Waals surface area contributed by atoms with Crippen molar-refractivity contribution in [2.24, 2.45) is 5.73 Å². The maximum Gasteiger partial charge on any atom is 0.293 e. The molecule has 0 bridgehead atoms. The third kappa shape index (κ3) is 3.83. The van der Waals surface area contributed by atoms with Crippen molar-refractivity contribution in [1.29, 1.82) is 0 Å². The van der Waals surface area contributed by atoms with Gasteiger partial charge >= 0.3 is 0 Å². The van der Waals surface area contributed by atoms with Gasteiger partial charge in [0.05, 0.1) is 10.5 Å². The molecule has 0 atom stereocenters. The summed E-state index contributed by atoms with van der Waals surface area (Å²) in [5, 5.41) is 18.6. The van der Waals surface area contributed by atoms with Gasteiger partial charge < -0.3 is 15.6 Å². The molecule has 4 rings (SSSR count). The summed E-state index contributed by atoms with van der Waals surface area (Å²) in [5.74, 6) is 0.692. The number of hydrogen-bond donors (Lipinski definition) is 2. The van der Waals surface area contributed by atoms with E-state index in [1.807, 2.05) is 30.3 Å². The van der Waals surface area contributed by atoms with Crippen LogP contribution in [0.5, 0.6) is 0 Å². The number of nitrogens with zero attached hydrogens (tertiary/aromatic N) is 3. The number of nitrogens with one attached hydrogen (secondary N) is 1. The van der Waals surface area contributed by atoms with Crippen LogP contribution in [0.4, 0.5) is 11.4 Å². The Balaban J connectivity index is 0.00000225. The van der Waals surface area contributed by atoms with Gasteiger partial charge in [0.1, 0.15) is 5.69 Å². The van der Waals surface area contributed by atoms with Gasteiger partial charge in [0, 0.05) is 18.2 Å². The van der Waals surface area contributed by atoms with Gasteiger partial charge in [-0.2, -0.15) is 4.98 Å². The largest absolute Gasteiger partial charge is 0.375 e. The lowest BCUT2D eigenvalue weighted by Gasteiger charge is -2.34. The fourth-order valence-corrected chi connectivity index (χ4v) is 3.08. The van der Waals surface area contributed by atoms with Gasteiger partial charge in [-0.05, 0) is 37.0 Å². The van der Waals surface area contributed by atoms with E-state index < -0.39 is 10.5 Å². The second-order valence-electron chi connectivity index (χ2n) is 6.76. The van der Waals surface area contributed by atoms with Gasteiger partial charge in [0.15, 0.2) is 5.82 Å². The Morgan fingerprint density at radius 3 is 2.61 bits per heavy atom. The molecule has 3 N–H and O–H groups in total. The van der Waals surface area contributed by atoms with E-state index in [9.17, 15) is 10.1 Å². The summed E-state index contributed by atoms with van der Waals surface area (Å²) >= 11 is 0. The minimum atomic E-state index is -0.537. The van der Waals surface area contributed by atoms with Gasteiger partial charge in [-0.3, -0.25) is 10.1 Å². The number of aromatic nitrogens is 2. The van der Waals surface area contributed by atoms with Crippen molar-refractivity contribution in [3.8, 4) is 11.5 Å². The average Bonchev–Trinajstić information content (AvgIpc) is 3.15. The maximum atomic E-state index is 11.5. The molecule has 1 saturated carbocycles. The highest BCUT2D eigenvalue weighted by Gasteiger charge is 2.39. The molecule has 1 aliphatic rings. The number of rotatable bonds is 6. The van der Waals surface area contributed by atoms with Crippen molar-refractivity contribution in [2.45, 2.75) is 31.3 Å². The minimum Gasteiger partial charge on any atom is -0.375 e. The first kappa shape index (κ1) is 19.8. The Morgan fingerprint density at radius 1 is 1.21 bits per heavy atom. The molecule has 0 radical (unpaired) electrons. The summed E-state index contributed by atoms with van der Waals surface area (Å²) in [7, 11) is 0. The van der Waals surface area contributed by atoms with E-state index >= 15 is 0 Å². The number of anilines is 1. The number of nitro groups is 1. The van der Waals surface area contributed by atoms with Crippen LogP contribution in [0.25, 0.3) is 11.5 Å². The zero-order valence-electron chi connectivity index (χ0n) is 15.0. The summed E-state index contributed by atoms with van der Waals surface area (Å²) < 4.78 is 5.29. The lowest BCUT2D eigenvalue weighted by molar-refractivity contribution is -0.383. The van der Waals surface area contributed by atoms with Crippen molar-refractivity contribution in [3.05, 3.63) is 70.0 Å². The van der Waals surface area contributed by atoms with Crippen LogP contribution in [0.15, 0.2) is 53.1 Å². The molecule has 1 fully saturated rings. The summed E-state index contributed by atoms with van der Waals surface area (Å²) in [5.41, 5.74) is 7.59. The van der Waals surface area contributed by atoms with Crippen LogP contribution in [0, 0.1) is 10.1 Å². The van der Waals surface area contributed by atoms with Crippen molar-refractivity contribution in [2.75, 3.05) is 5.32 Å². The van der Waals surface area contributed by atoms with Gasteiger partial charge in [-0.25, -0.2) is 0 Å².